The zero-order valence-electron chi connectivity index (χ0n) is 14.5. The Morgan fingerprint density at radius 1 is 1.19 bits per heavy atom. The molecule has 21 heavy (non-hydrogen) atoms. The number of nitrogens with one attached hydrogen (secondary N) is 1. The van der Waals surface area contributed by atoms with Gasteiger partial charge in [-0.15, -0.1) is 0 Å². The highest BCUT2D eigenvalue weighted by Gasteiger charge is 2.36. The average Bonchev–Trinajstić information content (AvgIpc) is 2.49. The number of piperidine rings is 1. The molecular formula is C18H36N2O. The van der Waals surface area contributed by atoms with Gasteiger partial charge >= 0.3 is 0 Å². The lowest BCUT2D eigenvalue weighted by Gasteiger charge is -2.45. The summed E-state index contributed by atoms with van der Waals surface area (Å²) in [5.41, 5.74) is 0.511. The Bertz CT molecular complexity index is 279. The first kappa shape index (κ1) is 17.2. The summed E-state index contributed by atoms with van der Waals surface area (Å²) in [6.07, 6.45) is 8.65. The van der Waals surface area contributed by atoms with E-state index in [1.54, 1.807) is 0 Å². The monoisotopic (exact) mass is 296 g/mol. The molecule has 2 fully saturated rings. The number of nitrogens with zero attached hydrogens (tertiary/aromatic N) is 1. The van der Waals surface area contributed by atoms with Crippen LogP contribution < -0.4 is 5.32 Å². The molecule has 0 radical (unpaired) electrons. The Kier molecular flexibility index (Phi) is 6.97. The number of ether oxygens (including phenoxy) is 1. The minimum absolute atomic E-state index is 0.474. The van der Waals surface area contributed by atoms with Crippen molar-refractivity contribution in [2.75, 3.05) is 39.3 Å². The van der Waals surface area contributed by atoms with Gasteiger partial charge in [-0.25, -0.2) is 0 Å². The predicted octanol–water partition coefficient (Wildman–Crippen LogP) is 3.29. The van der Waals surface area contributed by atoms with Crippen molar-refractivity contribution in [1.29, 1.82) is 0 Å². The van der Waals surface area contributed by atoms with E-state index in [1.807, 2.05) is 0 Å². The SMILES string of the molecule is CCNCC1(CN2CCCC(OCC)C2)CCC(C)CC1. The van der Waals surface area contributed by atoms with Gasteiger partial charge in [0.25, 0.3) is 0 Å². The summed E-state index contributed by atoms with van der Waals surface area (Å²) in [6.45, 7) is 13.6. The number of hydrogen-bond donors (Lipinski definition) is 1. The lowest BCUT2D eigenvalue weighted by atomic mass is 9.70. The lowest BCUT2D eigenvalue weighted by molar-refractivity contribution is -0.0136. The summed E-state index contributed by atoms with van der Waals surface area (Å²) in [4.78, 5) is 2.69. The van der Waals surface area contributed by atoms with Gasteiger partial charge in [0, 0.05) is 26.2 Å². The van der Waals surface area contributed by atoms with E-state index in [9.17, 15) is 0 Å². The molecule has 1 atom stereocenters. The van der Waals surface area contributed by atoms with Crippen molar-refractivity contribution in [2.24, 2.45) is 11.3 Å². The van der Waals surface area contributed by atoms with E-state index < -0.39 is 0 Å². The first-order valence-electron chi connectivity index (χ1n) is 9.22. The van der Waals surface area contributed by atoms with Gasteiger partial charge in [0.05, 0.1) is 6.10 Å². The fourth-order valence-corrected chi connectivity index (χ4v) is 4.16. The maximum atomic E-state index is 5.88. The second-order valence-corrected chi connectivity index (χ2v) is 7.42. The van der Waals surface area contributed by atoms with Crippen LogP contribution in [-0.2, 0) is 4.74 Å². The zero-order valence-corrected chi connectivity index (χ0v) is 14.5. The molecule has 1 N–H and O–H groups in total. The lowest BCUT2D eigenvalue weighted by Crippen LogP contribution is -2.50. The van der Waals surface area contributed by atoms with Gasteiger partial charge in [0.1, 0.15) is 0 Å². The second-order valence-electron chi connectivity index (χ2n) is 7.42. The van der Waals surface area contributed by atoms with E-state index in [4.69, 9.17) is 4.74 Å². The fourth-order valence-electron chi connectivity index (χ4n) is 4.16. The normalized spacial score (nSPS) is 35.0. The van der Waals surface area contributed by atoms with Gasteiger partial charge in [-0.1, -0.05) is 26.7 Å². The maximum Gasteiger partial charge on any atom is 0.0702 e. The van der Waals surface area contributed by atoms with Crippen molar-refractivity contribution in [3.63, 3.8) is 0 Å². The van der Waals surface area contributed by atoms with Gasteiger partial charge in [0.15, 0.2) is 0 Å². The molecule has 0 bridgehead atoms. The van der Waals surface area contributed by atoms with Gasteiger partial charge in [0.2, 0.25) is 0 Å². The minimum atomic E-state index is 0.474. The summed E-state index contributed by atoms with van der Waals surface area (Å²) < 4.78 is 5.88. The minimum Gasteiger partial charge on any atom is -0.377 e. The largest absolute Gasteiger partial charge is 0.377 e. The van der Waals surface area contributed by atoms with Crippen LogP contribution in [-0.4, -0.2) is 50.3 Å². The van der Waals surface area contributed by atoms with Crippen molar-refractivity contribution in [3.05, 3.63) is 0 Å². The summed E-state index contributed by atoms with van der Waals surface area (Å²) in [5, 5.41) is 3.64. The molecule has 2 rings (SSSR count). The van der Waals surface area contributed by atoms with E-state index in [0.717, 1.165) is 25.6 Å². The van der Waals surface area contributed by atoms with Crippen molar-refractivity contribution in [1.82, 2.24) is 10.2 Å². The highest BCUT2D eigenvalue weighted by atomic mass is 16.5. The average molecular weight is 296 g/mol. The molecule has 124 valence electrons. The van der Waals surface area contributed by atoms with Crippen LogP contribution in [0.4, 0.5) is 0 Å². The van der Waals surface area contributed by atoms with Crippen LogP contribution in [0.3, 0.4) is 0 Å². The molecule has 1 saturated heterocycles. The Balaban J connectivity index is 1.91. The van der Waals surface area contributed by atoms with Crippen LogP contribution in [0.5, 0.6) is 0 Å². The molecule has 0 aromatic heterocycles. The molecule has 1 aliphatic heterocycles. The third-order valence-electron chi connectivity index (χ3n) is 5.51. The van der Waals surface area contributed by atoms with Crippen LogP contribution >= 0.6 is 0 Å². The Morgan fingerprint density at radius 3 is 2.62 bits per heavy atom. The molecule has 0 aromatic rings. The Hall–Kier alpha value is -0.120. The maximum absolute atomic E-state index is 5.88. The van der Waals surface area contributed by atoms with Gasteiger partial charge in [-0.3, -0.25) is 0 Å². The van der Waals surface area contributed by atoms with Crippen LogP contribution in [0.25, 0.3) is 0 Å². The number of likely N-dealkylation sites (tertiary alicyclic amines) is 1. The first-order valence-corrected chi connectivity index (χ1v) is 9.22. The molecule has 0 amide bonds. The third kappa shape index (κ3) is 5.22. The van der Waals surface area contributed by atoms with Crippen LogP contribution in [0.1, 0.15) is 59.3 Å². The fraction of sp³-hybridized carbons (Fsp3) is 1.00. The van der Waals surface area contributed by atoms with Crippen molar-refractivity contribution >= 4 is 0 Å². The molecule has 0 aromatic carbocycles. The van der Waals surface area contributed by atoms with Crippen molar-refractivity contribution in [3.8, 4) is 0 Å². The van der Waals surface area contributed by atoms with Crippen LogP contribution in [0, 0.1) is 11.3 Å². The van der Waals surface area contributed by atoms with Gasteiger partial charge in [-0.05, 0) is 57.0 Å². The highest BCUT2D eigenvalue weighted by molar-refractivity contribution is 4.90. The van der Waals surface area contributed by atoms with Crippen molar-refractivity contribution < 1.29 is 4.74 Å². The van der Waals surface area contributed by atoms with Crippen molar-refractivity contribution in [2.45, 2.75) is 65.4 Å². The summed E-state index contributed by atoms with van der Waals surface area (Å²) >= 11 is 0. The predicted molar refractivity (Wildman–Crippen MR) is 89.7 cm³/mol. The van der Waals surface area contributed by atoms with Gasteiger partial charge in [-0.2, -0.15) is 0 Å². The highest BCUT2D eigenvalue weighted by Crippen LogP contribution is 2.39. The Labute approximate surface area is 131 Å². The molecule has 1 aliphatic carbocycles. The number of rotatable bonds is 7. The van der Waals surface area contributed by atoms with E-state index in [-0.39, 0.29) is 0 Å². The number of hydrogen-bond acceptors (Lipinski definition) is 3. The van der Waals surface area contributed by atoms with Crippen LogP contribution in [0.2, 0.25) is 0 Å². The first-order chi connectivity index (χ1) is 10.2. The molecule has 0 spiro atoms. The molecule has 1 unspecified atom stereocenters. The molecule has 1 heterocycles. The van der Waals surface area contributed by atoms with E-state index in [1.165, 1.54) is 58.2 Å². The second kappa shape index (κ2) is 8.50. The standard InChI is InChI=1S/C18H36N2O/c1-4-19-14-18(10-8-16(3)9-11-18)15-20-12-6-7-17(13-20)21-5-2/h16-17,19H,4-15H2,1-3H3. The molecule has 3 nitrogen and oxygen atoms in total. The smallest absolute Gasteiger partial charge is 0.0702 e. The molecule has 1 saturated carbocycles. The zero-order chi connectivity index (χ0) is 15.1. The van der Waals surface area contributed by atoms with Crippen LogP contribution in [0.15, 0.2) is 0 Å². The van der Waals surface area contributed by atoms with E-state index in [2.05, 4.69) is 31.0 Å². The summed E-state index contributed by atoms with van der Waals surface area (Å²) in [5.74, 6) is 0.928. The molecule has 2 aliphatic rings. The van der Waals surface area contributed by atoms with E-state index >= 15 is 0 Å². The Morgan fingerprint density at radius 2 is 1.95 bits per heavy atom. The quantitative estimate of drug-likeness (QED) is 0.780. The molecular weight excluding hydrogens is 260 g/mol. The summed E-state index contributed by atoms with van der Waals surface area (Å²) in [7, 11) is 0. The van der Waals surface area contributed by atoms with Gasteiger partial charge < -0.3 is 15.0 Å². The molecule has 3 heteroatoms. The topological polar surface area (TPSA) is 24.5 Å². The van der Waals surface area contributed by atoms with E-state index in [0.29, 0.717) is 11.5 Å². The summed E-state index contributed by atoms with van der Waals surface area (Å²) in [6, 6.07) is 0. The third-order valence-corrected chi connectivity index (χ3v) is 5.51.